The van der Waals surface area contributed by atoms with Gasteiger partial charge in [-0.3, -0.25) is 0 Å². The van der Waals surface area contributed by atoms with Crippen molar-refractivity contribution in [2.45, 2.75) is 32.3 Å². The van der Waals surface area contributed by atoms with Crippen molar-refractivity contribution in [3.05, 3.63) is 45.9 Å². The second kappa shape index (κ2) is 8.87. The summed E-state index contributed by atoms with van der Waals surface area (Å²) in [5.74, 6) is 0. The first kappa shape index (κ1) is 16.1. The predicted octanol–water partition coefficient (Wildman–Crippen LogP) is 3.21. The van der Waals surface area contributed by atoms with Crippen LogP contribution in [0.2, 0.25) is 0 Å². The average Bonchev–Trinajstić information content (AvgIpc) is 2.98. The van der Waals surface area contributed by atoms with Gasteiger partial charge in [-0.1, -0.05) is 48.6 Å². The first-order valence-electron chi connectivity index (χ1n) is 7.46. The monoisotopic (exact) mass is 305 g/mol. The van der Waals surface area contributed by atoms with Crippen LogP contribution in [0.3, 0.4) is 0 Å². The highest BCUT2D eigenvalue weighted by atomic mass is 32.1. The van der Waals surface area contributed by atoms with E-state index < -0.39 is 0 Å². The molecule has 0 fully saturated rings. The topological polar surface area (TPSA) is 47.0 Å². The summed E-state index contributed by atoms with van der Waals surface area (Å²) in [6.45, 7) is 4.30. The zero-order valence-electron chi connectivity index (χ0n) is 12.7. The van der Waals surface area contributed by atoms with E-state index in [1.165, 1.54) is 6.42 Å². The fraction of sp³-hybridized carbons (Fsp3) is 0.500. The minimum atomic E-state index is -0.115. The predicted molar refractivity (Wildman–Crippen MR) is 86.7 cm³/mol. The van der Waals surface area contributed by atoms with Crippen LogP contribution in [-0.4, -0.2) is 30.4 Å². The van der Waals surface area contributed by atoms with Gasteiger partial charge in [0.15, 0.2) is 5.01 Å². The Labute approximate surface area is 130 Å². The van der Waals surface area contributed by atoms with E-state index in [9.17, 15) is 0 Å². The van der Waals surface area contributed by atoms with E-state index in [1.807, 2.05) is 18.2 Å². The number of aryl methyl sites for hydroxylation is 1. The summed E-state index contributed by atoms with van der Waals surface area (Å²) in [5.41, 5.74) is 1.12. The number of rotatable bonds is 9. The highest BCUT2D eigenvalue weighted by Crippen LogP contribution is 2.27. The maximum absolute atomic E-state index is 5.59. The van der Waals surface area contributed by atoms with Crippen LogP contribution < -0.4 is 5.32 Å². The quantitative estimate of drug-likeness (QED) is 0.723. The molecule has 4 nitrogen and oxygen atoms in total. The number of benzene rings is 1. The number of ether oxygens (including phenoxy) is 1. The molecule has 1 unspecified atom stereocenters. The number of nitrogens with zero attached hydrogens (tertiary/aromatic N) is 2. The largest absolute Gasteiger partial charge is 0.369 e. The maximum atomic E-state index is 5.59. The van der Waals surface area contributed by atoms with Gasteiger partial charge >= 0.3 is 0 Å². The lowest BCUT2D eigenvalue weighted by atomic mass is 10.1. The van der Waals surface area contributed by atoms with E-state index in [-0.39, 0.29) is 6.10 Å². The molecular weight excluding hydrogens is 282 g/mol. The molecule has 0 spiro atoms. The Bertz CT molecular complexity index is 515. The maximum Gasteiger partial charge on any atom is 0.151 e. The van der Waals surface area contributed by atoms with Crippen molar-refractivity contribution >= 4 is 11.3 Å². The standard InChI is InChI=1S/C16H23N3OS/c1-3-11-17-12-7-10-14-18-19-16(21-14)15(20-2)13-8-5-4-6-9-13/h4-6,8-9,15,17H,3,7,10-12H2,1-2H3. The number of nitrogens with one attached hydrogen (secondary N) is 1. The van der Waals surface area contributed by atoms with E-state index in [0.29, 0.717) is 0 Å². The molecule has 0 amide bonds. The molecule has 1 aromatic heterocycles. The van der Waals surface area contributed by atoms with Crippen LogP contribution in [0, 0.1) is 0 Å². The molecule has 114 valence electrons. The Hall–Kier alpha value is -1.30. The summed E-state index contributed by atoms with van der Waals surface area (Å²) in [7, 11) is 1.72. The first-order valence-corrected chi connectivity index (χ1v) is 8.27. The Morgan fingerprint density at radius 1 is 1.19 bits per heavy atom. The smallest absolute Gasteiger partial charge is 0.151 e. The fourth-order valence-corrected chi connectivity index (χ4v) is 3.14. The molecule has 5 heteroatoms. The molecule has 0 aliphatic rings. The molecule has 1 aromatic carbocycles. The van der Waals surface area contributed by atoms with E-state index in [0.717, 1.165) is 41.5 Å². The van der Waals surface area contributed by atoms with E-state index in [1.54, 1.807) is 18.4 Å². The van der Waals surface area contributed by atoms with Gasteiger partial charge in [-0.05, 0) is 31.5 Å². The van der Waals surface area contributed by atoms with Gasteiger partial charge in [0.2, 0.25) is 0 Å². The highest BCUT2D eigenvalue weighted by Gasteiger charge is 2.18. The zero-order chi connectivity index (χ0) is 14.9. The van der Waals surface area contributed by atoms with Gasteiger partial charge in [-0.15, -0.1) is 10.2 Å². The second-order valence-corrected chi connectivity index (χ2v) is 6.01. The van der Waals surface area contributed by atoms with Gasteiger partial charge in [0.1, 0.15) is 11.1 Å². The van der Waals surface area contributed by atoms with E-state index >= 15 is 0 Å². The number of hydrogen-bond acceptors (Lipinski definition) is 5. The van der Waals surface area contributed by atoms with E-state index in [4.69, 9.17) is 4.74 Å². The molecule has 2 aromatic rings. The third kappa shape index (κ3) is 4.88. The summed E-state index contributed by atoms with van der Waals surface area (Å²) in [6, 6.07) is 10.2. The SMILES string of the molecule is CCCNCCCc1nnc(C(OC)c2ccccc2)s1. The van der Waals surface area contributed by atoms with Gasteiger partial charge in [-0.25, -0.2) is 0 Å². The summed E-state index contributed by atoms with van der Waals surface area (Å²) in [6.07, 6.45) is 3.13. The van der Waals surface area contributed by atoms with Crippen molar-refractivity contribution in [2.24, 2.45) is 0 Å². The van der Waals surface area contributed by atoms with Crippen molar-refractivity contribution < 1.29 is 4.74 Å². The van der Waals surface area contributed by atoms with Gasteiger partial charge in [-0.2, -0.15) is 0 Å². The molecule has 0 aliphatic carbocycles. The molecule has 0 saturated heterocycles. The molecule has 1 atom stereocenters. The molecule has 1 N–H and O–H groups in total. The number of hydrogen-bond donors (Lipinski definition) is 1. The van der Waals surface area contributed by atoms with Gasteiger partial charge in [0.25, 0.3) is 0 Å². The molecular formula is C16H23N3OS. The van der Waals surface area contributed by atoms with Crippen LogP contribution in [0.25, 0.3) is 0 Å². The van der Waals surface area contributed by atoms with Crippen molar-refractivity contribution in [1.82, 2.24) is 15.5 Å². The van der Waals surface area contributed by atoms with Crippen LogP contribution in [0.5, 0.6) is 0 Å². The Morgan fingerprint density at radius 3 is 2.71 bits per heavy atom. The normalized spacial score (nSPS) is 12.5. The highest BCUT2D eigenvalue weighted by molar-refractivity contribution is 7.11. The first-order chi connectivity index (χ1) is 10.3. The van der Waals surface area contributed by atoms with E-state index in [2.05, 4.69) is 34.6 Å². The Morgan fingerprint density at radius 2 is 2.00 bits per heavy atom. The van der Waals surface area contributed by atoms with Crippen LogP contribution in [0.15, 0.2) is 30.3 Å². The van der Waals surface area contributed by atoms with Crippen molar-refractivity contribution in [2.75, 3.05) is 20.2 Å². The Balaban J connectivity index is 1.92. The third-order valence-corrected chi connectivity index (χ3v) is 4.24. The number of aromatic nitrogens is 2. The third-order valence-electron chi connectivity index (χ3n) is 3.22. The van der Waals surface area contributed by atoms with Crippen LogP contribution >= 0.6 is 11.3 Å². The molecule has 2 rings (SSSR count). The van der Waals surface area contributed by atoms with Crippen molar-refractivity contribution in [3.63, 3.8) is 0 Å². The van der Waals surface area contributed by atoms with Crippen LogP contribution in [0.1, 0.15) is 41.4 Å². The van der Waals surface area contributed by atoms with Crippen molar-refractivity contribution in [3.8, 4) is 0 Å². The summed E-state index contributed by atoms with van der Waals surface area (Å²) < 4.78 is 5.59. The summed E-state index contributed by atoms with van der Waals surface area (Å²) in [5, 5.41) is 14.0. The molecule has 1 heterocycles. The minimum absolute atomic E-state index is 0.115. The summed E-state index contributed by atoms with van der Waals surface area (Å²) >= 11 is 1.65. The lowest BCUT2D eigenvalue weighted by molar-refractivity contribution is 0.135. The molecule has 21 heavy (non-hydrogen) atoms. The zero-order valence-corrected chi connectivity index (χ0v) is 13.5. The lowest BCUT2D eigenvalue weighted by Gasteiger charge is -2.11. The van der Waals surface area contributed by atoms with Crippen LogP contribution in [-0.2, 0) is 11.2 Å². The lowest BCUT2D eigenvalue weighted by Crippen LogP contribution is -2.16. The average molecular weight is 305 g/mol. The van der Waals surface area contributed by atoms with Gasteiger partial charge in [0.05, 0.1) is 0 Å². The van der Waals surface area contributed by atoms with Gasteiger partial charge < -0.3 is 10.1 Å². The molecule has 0 aliphatic heterocycles. The fourth-order valence-electron chi connectivity index (χ4n) is 2.15. The molecule has 0 radical (unpaired) electrons. The van der Waals surface area contributed by atoms with Crippen molar-refractivity contribution in [1.29, 1.82) is 0 Å². The van der Waals surface area contributed by atoms with Gasteiger partial charge in [0, 0.05) is 13.5 Å². The minimum Gasteiger partial charge on any atom is -0.369 e. The van der Waals surface area contributed by atoms with Crippen LogP contribution in [0.4, 0.5) is 0 Å². The number of methoxy groups -OCH3 is 1. The second-order valence-electron chi connectivity index (χ2n) is 4.91. The Kier molecular flexibility index (Phi) is 6.79. The molecule has 0 saturated carbocycles. The molecule has 0 bridgehead atoms. The summed E-state index contributed by atoms with van der Waals surface area (Å²) in [4.78, 5) is 0.